The summed E-state index contributed by atoms with van der Waals surface area (Å²) in [5.74, 6) is -0.709. The third-order valence-electron chi connectivity index (χ3n) is 3.40. The maximum Gasteiger partial charge on any atom is 0.338 e. The van der Waals surface area contributed by atoms with Crippen molar-refractivity contribution in [2.75, 3.05) is 11.9 Å². The summed E-state index contributed by atoms with van der Waals surface area (Å²) in [5, 5.41) is 10.2. The van der Waals surface area contributed by atoms with Gasteiger partial charge in [-0.25, -0.2) is 4.79 Å². The van der Waals surface area contributed by atoms with Gasteiger partial charge in [0, 0.05) is 5.69 Å². The van der Waals surface area contributed by atoms with Crippen molar-refractivity contribution in [2.24, 2.45) is 0 Å². The Balaban J connectivity index is 2.09. The molecule has 2 N–H and O–H groups in total. The van der Waals surface area contributed by atoms with E-state index in [4.69, 9.17) is 4.74 Å². The van der Waals surface area contributed by atoms with Crippen LogP contribution in [0.2, 0.25) is 0 Å². The van der Waals surface area contributed by atoms with Gasteiger partial charge in [-0.1, -0.05) is 24.8 Å². The molecule has 0 aliphatic carbocycles. The summed E-state index contributed by atoms with van der Waals surface area (Å²) in [4.78, 5) is 38.5. The van der Waals surface area contributed by atoms with Gasteiger partial charge < -0.3 is 10.1 Å². The average Bonchev–Trinajstić information content (AvgIpc) is 2.63. The molecule has 0 bridgehead atoms. The van der Waals surface area contributed by atoms with Crippen molar-refractivity contribution >= 4 is 29.3 Å². The van der Waals surface area contributed by atoms with Crippen LogP contribution in [0.25, 0.3) is 0 Å². The Morgan fingerprint density at radius 3 is 2.73 bits per heavy atom. The molecule has 1 atom stereocenters. The second-order valence-electron chi connectivity index (χ2n) is 5.35. The van der Waals surface area contributed by atoms with E-state index in [-0.39, 0.29) is 28.9 Å². The largest absolute Gasteiger partial charge is 0.462 e. The standard InChI is InChI=1S/C17H20N4O4S/c1-4-13(26-17-19-14(22)10(3)20-21-17)15(23)18-12-8-6-7-11(9-12)16(24)25-5-2/h6-9,13H,4-5H2,1-3H3,(H,18,23)(H,19,21,22). The summed E-state index contributed by atoms with van der Waals surface area (Å²) in [6, 6.07) is 6.53. The number of ether oxygens (including phenoxy) is 1. The zero-order valence-corrected chi connectivity index (χ0v) is 15.6. The van der Waals surface area contributed by atoms with E-state index in [1.54, 1.807) is 38.1 Å². The topological polar surface area (TPSA) is 114 Å². The van der Waals surface area contributed by atoms with Crippen molar-refractivity contribution in [3.8, 4) is 0 Å². The molecule has 1 heterocycles. The lowest BCUT2D eigenvalue weighted by atomic mass is 10.2. The van der Waals surface area contributed by atoms with Crippen molar-refractivity contribution in [2.45, 2.75) is 37.6 Å². The number of nitrogens with zero attached hydrogens (tertiary/aromatic N) is 2. The van der Waals surface area contributed by atoms with Gasteiger partial charge in [-0.2, -0.15) is 0 Å². The second kappa shape index (κ2) is 9.14. The maximum atomic E-state index is 12.5. The lowest BCUT2D eigenvalue weighted by Crippen LogP contribution is -2.25. The first-order valence-corrected chi connectivity index (χ1v) is 9.00. The summed E-state index contributed by atoms with van der Waals surface area (Å²) in [7, 11) is 0. The molecule has 1 aromatic carbocycles. The first-order chi connectivity index (χ1) is 12.4. The van der Waals surface area contributed by atoms with E-state index in [2.05, 4.69) is 20.5 Å². The van der Waals surface area contributed by atoms with Crippen LogP contribution in [0, 0.1) is 6.92 Å². The first kappa shape index (κ1) is 19.6. The molecule has 1 unspecified atom stereocenters. The third kappa shape index (κ3) is 5.16. The lowest BCUT2D eigenvalue weighted by molar-refractivity contribution is -0.115. The highest BCUT2D eigenvalue weighted by Crippen LogP contribution is 2.22. The number of esters is 1. The summed E-state index contributed by atoms with van der Waals surface area (Å²) in [6.07, 6.45) is 0.519. The number of thioether (sulfide) groups is 1. The predicted molar refractivity (Wildman–Crippen MR) is 98.4 cm³/mol. The van der Waals surface area contributed by atoms with E-state index in [0.29, 0.717) is 17.7 Å². The Morgan fingerprint density at radius 1 is 1.31 bits per heavy atom. The van der Waals surface area contributed by atoms with Gasteiger partial charge in [-0.05, 0) is 38.5 Å². The number of amides is 1. The van der Waals surface area contributed by atoms with Crippen LogP contribution in [0.1, 0.15) is 36.3 Å². The van der Waals surface area contributed by atoms with Crippen LogP contribution in [0.4, 0.5) is 5.69 Å². The molecule has 1 amide bonds. The molecule has 0 spiro atoms. The Labute approximate surface area is 154 Å². The number of aromatic amines is 1. The fraction of sp³-hybridized carbons (Fsp3) is 0.353. The van der Waals surface area contributed by atoms with E-state index < -0.39 is 11.2 Å². The lowest BCUT2D eigenvalue weighted by Gasteiger charge is -2.14. The molecular weight excluding hydrogens is 356 g/mol. The number of carbonyl (C=O) groups is 2. The Kier molecular flexibility index (Phi) is 6.90. The highest BCUT2D eigenvalue weighted by Gasteiger charge is 2.20. The molecule has 138 valence electrons. The number of carbonyl (C=O) groups excluding carboxylic acids is 2. The van der Waals surface area contributed by atoms with E-state index in [1.807, 2.05) is 6.92 Å². The van der Waals surface area contributed by atoms with Crippen LogP contribution >= 0.6 is 11.8 Å². The molecule has 0 aliphatic rings. The zero-order chi connectivity index (χ0) is 19.1. The Bertz CT molecular complexity index is 853. The van der Waals surface area contributed by atoms with Gasteiger partial charge in [0.1, 0.15) is 5.69 Å². The molecule has 2 aromatic rings. The number of H-pyrrole nitrogens is 1. The number of benzene rings is 1. The highest BCUT2D eigenvalue weighted by molar-refractivity contribution is 8.00. The highest BCUT2D eigenvalue weighted by atomic mass is 32.2. The smallest absolute Gasteiger partial charge is 0.338 e. The van der Waals surface area contributed by atoms with Crippen LogP contribution in [0.15, 0.2) is 34.2 Å². The minimum absolute atomic E-state index is 0.262. The Hall–Kier alpha value is -2.68. The molecule has 0 saturated heterocycles. The van der Waals surface area contributed by atoms with Gasteiger partial charge in [0.05, 0.1) is 17.4 Å². The van der Waals surface area contributed by atoms with Gasteiger partial charge >= 0.3 is 5.97 Å². The van der Waals surface area contributed by atoms with Gasteiger partial charge in [-0.3, -0.25) is 14.6 Å². The molecule has 2 rings (SSSR count). The predicted octanol–water partition coefficient (Wildman–Crippen LogP) is 2.16. The molecule has 9 heteroatoms. The number of aryl methyl sites for hydroxylation is 1. The van der Waals surface area contributed by atoms with Crippen LogP contribution in [-0.4, -0.2) is 38.9 Å². The van der Waals surface area contributed by atoms with Crippen LogP contribution in [0.3, 0.4) is 0 Å². The maximum absolute atomic E-state index is 12.5. The van der Waals surface area contributed by atoms with Crippen LogP contribution < -0.4 is 10.9 Å². The minimum Gasteiger partial charge on any atom is -0.462 e. The molecule has 26 heavy (non-hydrogen) atoms. The minimum atomic E-state index is -0.478. The second-order valence-corrected chi connectivity index (χ2v) is 6.54. The molecule has 0 saturated carbocycles. The first-order valence-electron chi connectivity index (χ1n) is 8.12. The zero-order valence-electron chi connectivity index (χ0n) is 14.7. The Morgan fingerprint density at radius 2 is 2.08 bits per heavy atom. The summed E-state index contributed by atoms with van der Waals surface area (Å²) >= 11 is 1.12. The molecule has 0 radical (unpaired) electrons. The van der Waals surface area contributed by atoms with Crippen molar-refractivity contribution < 1.29 is 14.3 Å². The van der Waals surface area contributed by atoms with E-state index in [1.165, 1.54) is 0 Å². The summed E-state index contributed by atoms with van der Waals surface area (Å²) in [5.41, 5.74) is 0.782. The molecule has 1 aromatic heterocycles. The quantitative estimate of drug-likeness (QED) is 0.562. The molecular formula is C17H20N4O4S. The van der Waals surface area contributed by atoms with E-state index in [9.17, 15) is 14.4 Å². The molecule has 8 nitrogen and oxygen atoms in total. The molecule has 0 aliphatic heterocycles. The fourth-order valence-corrected chi connectivity index (χ4v) is 2.89. The van der Waals surface area contributed by atoms with Crippen LogP contribution in [-0.2, 0) is 9.53 Å². The number of nitrogens with one attached hydrogen (secondary N) is 2. The van der Waals surface area contributed by atoms with Crippen molar-refractivity contribution in [3.05, 3.63) is 45.9 Å². The average molecular weight is 376 g/mol. The number of aromatic nitrogens is 3. The van der Waals surface area contributed by atoms with Gasteiger partial charge in [0.25, 0.3) is 5.56 Å². The van der Waals surface area contributed by atoms with Gasteiger partial charge in [-0.15, -0.1) is 10.2 Å². The van der Waals surface area contributed by atoms with Crippen LogP contribution in [0.5, 0.6) is 0 Å². The summed E-state index contributed by atoms with van der Waals surface area (Å²) in [6.45, 7) is 5.41. The third-order valence-corrected chi connectivity index (χ3v) is 4.64. The number of hydrogen-bond acceptors (Lipinski definition) is 7. The number of rotatable bonds is 7. The van der Waals surface area contributed by atoms with Crippen molar-refractivity contribution in [1.82, 2.24) is 15.2 Å². The SMILES string of the molecule is CCOC(=O)c1cccc(NC(=O)C(CC)Sc2nnc(C)c(=O)[nH]2)c1. The molecule has 0 fully saturated rings. The number of anilines is 1. The van der Waals surface area contributed by atoms with E-state index in [0.717, 1.165) is 11.8 Å². The fourth-order valence-electron chi connectivity index (χ4n) is 2.05. The van der Waals surface area contributed by atoms with Gasteiger partial charge in [0.2, 0.25) is 5.91 Å². The monoisotopic (exact) mass is 376 g/mol. The normalized spacial score (nSPS) is 11.7. The summed E-state index contributed by atoms with van der Waals surface area (Å²) < 4.78 is 4.95. The van der Waals surface area contributed by atoms with E-state index >= 15 is 0 Å². The van der Waals surface area contributed by atoms with Crippen molar-refractivity contribution in [1.29, 1.82) is 0 Å². The number of hydrogen-bond donors (Lipinski definition) is 2. The van der Waals surface area contributed by atoms with Gasteiger partial charge in [0.15, 0.2) is 5.16 Å². The van der Waals surface area contributed by atoms with Crippen molar-refractivity contribution in [3.63, 3.8) is 0 Å².